The van der Waals surface area contributed by atoms with Crippen LogP contribution >= 0.6 is 0 Å². The van der Waals surface area contributed by atoms with Crippen molar-refractivity contribution in [2.24, 2.45) is 0 Å². The van der Waals surface area contributed by atoms with Crippen LogP contribution in [-0.2, 0) is 9.59 Å². The van der Waals surface area contributed by atoms with E-state index in [-0.39, 0.29) is 0 Å². The van der Waals surface area contributed by atoms with Crippen molar-refractivity contribution in [3.63, 3.8) is 0 Å². The van der Waals surface area contributed by atoms with Gasteiger partial charge >= 0.3 is 5.97 Å². The van der Waals surface area contributed by atoms with Gasteiger partial charge in [0, 0.05) is 6.08 Å². The van der Waals surface area contributed by atoms with Gasteiger partial charge in [-0.05, 0) is 24.3 Å². The Morgan fingerprint density at radius 1 is 1.21 bits per heavy atom. The highest BCUT2D eigenvalue weighted by atomic mass is 16.5. The summed E-state index contributed by atoms with van der Waals surface area (Å²) in [6.45, 7) is 3.58. The summed E-state index contributed by atoms with van der Waals surface area (Å²) in [5.74, 6) is 0.223. The van der Waals surface area contributed by atoms with E-state index in [2.05, 4.69) is 11.3 Å². The first kappa shape index (κ1) is 9.98. The van der Waals surface area contributed by atoms with Gasteiger partial charge in [-0.15, -0.1) is 0 Å². The lowest BCUT2D eigenvalue weighted by molar-refractivity contribution is -0.129. The molecule has 0 aromatic heterocycles. The minimum Gasteiger partial charge on any atom is -0.429 e. The summed E-state index contributed by atoms with van der Waals surface area (Å²) in [6.07, 6.45) is 1.07. The predicted molar refractivity (Wildman–Crippen MR) is 49.0 cm³/mol. The number of esters is 1. The van der Waals surface area contributed by atoms with Gasteiger partial charge in [0.1, 0.15) is 11.5 Å². The highest BCUT2D eigenvalue weighted by Gasteiger charge is 1.99. The smallest absolute Gasteiger partial charge is 0.335 e. The second kappa shape index (κ2) is 4.81. The van der Waals surface area contributed by atoms with E-state index >= 15 is 0 Å². The highest BCUT2D eigenvalue weighted by molar-refractivity contribution is 5.83. The molecular weight excluding hydrogens is 184 g/mol. The molecule has 4 heteroatoms. The van der Waals surface area contributed by atoms with E-state index in [0.29, 0.717) is 18.0 Å². The molecule has 0 spiro atoms. The van der Waals surface area contributed by atoms with Crippen LogP contribution in [0.3, 0.4) is 0 Å². The second-order valence-corrected chi connectivity index (χ2v) is 2.31. The summed E-state index contributed by atoms with van der Waals surface area (Å²) in [7, 11) is 0. The van der Waals surface area contributed by atoms with Gasteiger partial charge in [-0.25, -0.2) is 4.79 Å². The van der Waals surface area contributed by atoms with E-state index in [1.54, 1.807) is 0 Å². The van der Waals surface area contributed by atoms with Gasteiger partial charge < -0.3 is 9.47 Å². The maximum atomic E-state index is 10.8. The minimum absolute atomic E-state index is 0.324. The number of carbonyl (C=O) groups excluding carboxylic acids is 2. The zero-order chi connectivity index (χ0) is 10.4. The molecule has 0 aliphatic carbocycles. The molecule has 1 rings (SSSR count). The van der Waals surface area contributed by atoms with Crippen LogP contribution in [0.4, 0.5) is 0 Å². The van der Waals surface area contributed by atoms with E-state index in [1.807, 2.05) is 0 Å². The van der Waals surface area contributed by atoms with Crippen LogP contribution in [0.15, 0.2) is 36.9 Å². The molecule has 0 radical (unpaired) electrons. The first-order chi connectivity index (χ1) is 6.76. The molecule has 0 atom stereocenters. The Bertz CT molecular complexity index is 340. The van der Waals surface area contributed by atoms with Crippen molar-refractivity contribution in [1.82, 2.24) is 0 Å². The van der Waals surface area contributed by atoms with E-state index in [1.165, 1.54) is 24.3 Å². The molecule has 0 amide bonds. The normalized spacial score (nSPS) is 8.86. The zero-order valence-corrected chi connectivity index (χ0v) is 7.30. The SMILES string of the molecule is C=CC(=O)Oc1ccc(OC=O)cc1. The van der Waals surface area contributed by atoms with Crippen molar-refractivity contribution in [2.75, 3.05) is 0 Å². The molecule has 14 heavy (non-hydrogen) atoms. The number of benzene rings is 1. The molecule has 0 saturated carbocycles. The molecule has 0 aliphatic rings. The molecule has 4 nitrogen and oxygen atoms in total. The maximum absolute atomic E-state index is 10.8. The first-order valence-corrected chi connectivity index (χ1v) is 3.81. The monoisotopic (exact) mass is 192 g/mol. The van der Waals surface area contributed by atoms with Crippen molar-refractivity contribution in [3.8, 4) is 11.5 Å². The summed E-state index contributed by atoms with van der Waals surface area (Å²) in [5.41, 5.74) is 0. The van der Waals surface area contributed by atoms with Crippen LogP contribution in [0.5, 0.6) is 11.5 Å². The van der Waals surface area contributed by atoms with Crippen LogP contribution in [0.2, 0.25) is 0 Å². The Morgan fingerprint density at radius 2 is 1.79 bits per heavy atom. The third-order valence-corrected chi connectivity index (χ3v) is 1.39. The van der Waals surface area contributed by atoms with Gasteiger partial charge in [0.25, 0.3) is 6.47 Å². The van der Waals surface area contributed by atoms with Crippen molar-refractivity contribution in [3.05, 3.63) is 36.9 Å². The summed E-state index contributed by atoms with van der Waals surface area (Å²) < 4.78 is 9.35. The summed E-state index contributed by atoms with van der Waals surface area (Å²) in [4.78, 5) is 20.7. The van der Waals surface area contributed by atoms with Gasteiger partial charge in [0.15, 0.2) is 0 Å². The fourth-order valence-electron chi connectivity index (χ4n) is 0.800. The fraction of sp³-hybridized carbons (Fsp3) is 0. The van der Waals surface area contributed by atoms with Gasteiger partial charge in [-0.3, -0.25) is 4.79 Å². The van der Waals surface area contributed by atoms with Crippen molar-refractivity contribution < 1.29 is 19.1 Å². The number of rotatable bonds is 4. The van der Waals surface area contributed by atoms with Gasteiger partial charge in [-0.2, -0.15) is 0 Å². The molecule has 0 saturated heterocycles. The van der Waals surface area contributed by atoms with Crippen LogP contribution in [0.25, 0.3) is 0 Å². The topological polar surface area (TPSA) is 52.6 Å². The molecule has 72 valence electrons. The molecule has 0 aliphatic heterocycles. The van der Waals surface area contributed by atoms with Crippen molar-refractivity contribution in [1.29, 1.82) is 0 Å². The Hall–Kier alpha value is -2.10. The molecule has 0 unspecified atom stereocenters. The lowest BCUT2D eigenvalue weighted by Gasteiger charge is -2.01. The van der Waals surface area contributed by atoms with Crippen LogP contribution in [-0.4, -0.2) is 12.4 Å². The average Bonchev–Trinajstić information content (AvgIpc) is 2.21. The number of hydrogen-bond acceptors (Lipinski definition) is 4. The molecular formula is C10H8O4. The first-order valence-electron chi connectivity index (χ1n) is 3.81. The second-order valence-electron chi connectivity index (χ2n) is 2.31. The quantitative estimate of drug-likeness (QED) is 0.312. The van der Waals surface area contributed by atoms with Crippen molar-refractivity contribution in [2.45, 2.75) is 0 Å². The number of hydrogen-bond donors (Lipinski definition) is 0. The summed E-state index contributed by atoms with van der Waals surface area (Å²) >= 11 is 0. The van der Waals surface area contributed by atoms with Gasteiger partial charge in [0.05, 0.1) is 0 Å². The van der Waals surface area contributed by atoms with Gasteiger partial charge in [-0.1, -0.05) is 6.58 Å². The highest BCUT2D eigenvalue weighted by Crippen LogP contribution is 2.17. The third kappa shape index (κ3) is 2.75. The summed E-state index contributed by atoms with van der Waals surface area (Å²) in [6, 6.07) is 6.06. The Labute approximate surface area is 80.8 Å². The van der Waals surface area contributed by atoms with E-state index in [4.69, 9.17) is 4.74 Å². The third-order valence-electron chi connectivity index (χ3n) is 1.39. The molecule has 0 heterocycles. The van der Waals surface area contributed by atoms with E-state index in [9.17, 15) is 9.59 Å². The summed E-state index contributed by atoms with van der Waals surface area (Å²) in [5, 5.41) is 0. The largest absolute Gasteiger partial charge is 0.429 e. The zero-order valence-electron chi connectivity index (χ0n) is 7.30. The standard InChI is InChI=1S/C10H8O4/c1-2-10(12)14-9-5-3-8(4-6-9)13-7-11/h2-7H,1H2. The lowest BCUT2D eigenvalue weighted by Crippen LogP contribution is -2.02. The van der Waals surface area contributed by atoms with Crippen molar-refractivity contribution >= 4 is 12.4 Å². The Morgan fingerprint density at radius 3 is 2.29 bits per heavy atom. The van der Waals surface area contributed by atoms with E-state index < -0.39 is 5.97 Å². The maximum Gasteiger partial charge on any atom is 0.335 e. The predicted octanol–water partition coefficient (Wildman–Crippen LogP) is 1.31. The van der Waals surface area contributed by atoms with E-state index in [0.717, 1.165) is 6.08 Å². The lowest BCUT2D eigenvalue weighted by atomic mass is 10.3. The Balaban J connectivity index is 2.68. The number of carbonyl (C=O) groups is 2. The van der Waals surface area contributed by atoms with Crippen LogP contribution in [0.1, 0.15) is 0 Å². The van der Waals surface area contributed by atoms with Gasteiger partial charge in [0.2, 0.25) is 0 Å². The fourth-order valence-corrected chi connectivity index (χ4v) is 0.800. The number of ether oxygens (including phenoxy) is 2. The van der Waals surface area contributed by atoms with Crippen LogP contribution in [0, 0.1) is 0 Å². The average molecular weight is 192 g/mol. The molecule has 1 aromatic carbocycles. The Kier molecular flexibility index (Phi) is 3.43. The minimum atomic E-state index is -0.533. The van der Waals surface area contributed by atoms with Crippen LogP contribution < -0.4 is 9.47 Å². The molecule has 0 fully saturated rings. The molecule has 1 aromatic rings. The molecule has 0 N–H and O–H groups in total. The molecule has 0 bridgehead atoms.